The molecule has 1 heterocycles. The van der Waals surface area contributed by atoms with Gasteiger partial charge in [0.25, 0.3) is 0 Å². The summed E-state index contributed by atoms with van der Waals surface area (Å²) in [7, 11) is 0. The Kier molecular flexibility index (Phi) is 4.27. The fraction of sp³-hybridized carbons (Fsp3) is 0.733. The van der Waals surface area contributed by atoms with Crippen LogP contribution in [0.15, 0.2) is 6.20 Å². The zero-order valence-electron chi connectivity index (χ0n) is 13.5. The molecule has 1 amide bonds. The van der Waals surface area contributed by atoms with Gasteiger partial charge in [0.2, 0.25) is 0 Å². The summed E-state index contributed by atoms with van der Waals surface area (Å²) in [6.45, 7) is 10.7. The molecule has 118 valence electrons. The van der Waals surface area contributed by atoms with Gasteiger partial charge in [-0.3, -0.25) is 10.4 Å². The summed E-state index contributed by atoms with van der Waals surface area (Å²) in [5, 5.41) is 13.0. The molecule has 0 bridgehead atoms. The van der Waals surface area contributed by atoms with Crippen LogP contribution in [0.3, 0.4) is 0 Å². The molecule has 21 heavy (non-hydrogen) atoms. The first-order valence-corrected chi connectivity index (χ1v) is 7.45. The highest BCUT2D eigenvalue weighted by molar-refractivity contribution is 5.84. The minimum absolute atomic E-state index is 0.419. The lowest BCUT2D eigenvalue weighted by Crippen LogP contribution is -2.33. The molecule has 0 aliphatic heterocycles. The van der Waals surface area contributed by atoms with Crippen LogP contribution in [0.5, 0.6) is 0 Å². The molecule has 0 saturated heterocycles. The maximum Gasteiger partial charge on any atom is 0.413 e. The Morgan fingerprint density at radius 2 is 2.19 bits per heavy atom. The summed E-state index contributed by atoms with van der Waals surface area (Å²) in [4.78, 5) is 11.8. The average molecular weight is 294 g/mol. The summed E-state index contributed by atoms with van der Waals surface area (Å²) < 4.78 is 5.24. The summed E-state index contributed by atoms with van der Waals surface area (Å²) in [5.41, 5.74) is 0.831. The van der Waals surface area contributed by atoms with E-state index < -0.39 is 11.7 Å². The van der Waals surface area contributed by atoms with Crippen molar-refractivity contribution in [2.24, 2.45) is 5.41 Å². The van der Waals surface area contributed by atoms with Crippen molar-refractivity contribution in [2.75, 3.05) is 5.32 Å². The summed E-state index contributed by atoms with van der Waals surface area (Å²) in [5.74, 6) is 0.588. The fourth-order valence-corrected chi connectivity index (χ4v) is 2.10. The first-order chi connectivity index (χ1) is 9.70. The van der Waals surface area contributed by atoms with E-state index in [1.807, 2.05) is 20.8 Å². The molecular formula is C15H26N4O2. The van der Waals surface area contributed by atoms with Crippen molar-refractivity contribution in [3.63, 3.8) is 0 Å². The van der Waals surface area contributed by atoms with Gasteiger partial charge >= 0.3 is 6.09 Å². The minimum atomic E-state index is -0.516. The average Bonchev–Trinajstić information content (AvgIpc) is 2.95. The van der Waals surface area contributed by atoms with Gasteiger partial charge in [0.05, 0.1) is 6.20 Å². The van der Waals surface area contributed by atoms with Gasteiger partial charge < -0.3 is 10.1 Å². The predicted octanol–water partition coefficient (Wildman–Crippen LogP) is 3.03. The number of aromatic amines is 1. The van der Waals surface area contributed by atoms with E-state index in [1.54, 1.807) is 6.20 Å². The molecule has 6 heteroatoms. The number of H-pyrrole nitrogens is 1. The Morgan fingerprint density at radius 3 is 2.76 bits per heavy atom. The van der Waals surface area contributed by atoms with Crippen molar-refractivity contribution in [3.05, 3.63) is 11.8 Å². The van der Waals surface area contributed by atoms with Gasteiger partial charge in [0.1, 0.15) is 11.4 Å². The van der Waals surface area contributed by atoms with Crippen LogP contribution < -0.4 is 10.6 Å². The van der Waals surface area contributed by atoms with Gasteiger partial charge in [0.15, 0.2) is 0 Å². The largest absolute Gasteiger partial charge is 0.444 e. The van der Waals surface area contributed by atoms with Gasteiger partial charge in [0, 0.05) is 18.2 Å². The van der Waals surface area contributed by atoms with E-state index in [-0.39, 0.29) is 0 Å². The molecule has 3 N–H and O–H groups in total. The Labute approximate surface area is 126 Å². The highest BCUT2D eigenvalue weighted by Gasteiger charge is 2.42. The Morgan fingerprint density at radius 1 is 1.52 bits per heavy atom. The number of carbonyl (C=O) groups excluding carboxylic acids is 1. The molecule has 1 aliphatic rings. The van der Waals surface area contributed by atoms with Gasteiger partial charge in [-0.15, -0.1) is 0 Å². The SMILES string of the molecule is CC(NCc1cn[nH]c1NC(=O)OC(C)(C)C)C1(C)CC1. The van der Waals surface area contributed by atoms with Crippen LogP contribution in [0.25, 0.3) is 0 Å². The Hall–Kier alpha value is -1.56. The topological polar surface area (TPSA) is 79.0 Å². The van der Waals surface area contributed by atoms with Crippen molar-refractivity contribution in [3.8, 4) is 0 Å². The summed E-state index contributed by atoms with van der Waals surface area (Å²) >= 11 is 0. The first kappa shape index (κ1) is 15.8. The lowest BCUT2D eigenvalue weighted by atomic mass is 10.0. The molecule has 1 fully saturated rings. The van der Waals surface area contributed by atoms with E-state index >= 15 is 0 Å². The number of rotatable bonds is 5. The van der Waals surface area contributed by atoms with Gasteiger partial charge in [-0.2, -0.15) is 5.10 Å². The standard InChI is InChI=1S/C15H26N4O2/c1-10(15(5)6-7-15)16-8-11-9-17-19-12(11)18-13(20)21-14(2,3)4/h9-10,16H,6-8H2,1-5H3,(H2,17,18,19,20). The zero-order valence-corrected chi connectivity index (χ0v) is 13.5. The van der Waals surface area contributed by atoms with Crippen LogP contribution in [-0.2, 0) is 11.3 Å². The van der Waals surface area contributed by atoms with Gasteiger partial charge in [-0.1, -0.05) is 6.92 Å². The van der Waals surface area contributed by atoms with Crippen molar-refractivity contribution in [1.82, 2.24) is 15.5 Å². The molecule has 6 nitrogen and oxygen atoms in total. The minimum Gasteiger partial charge on any atom is -0.444 e. The predicted molar refractivity (Wildman–Crippen MR) is 82.1 cm³/mol. The van der Waals surface area contributed by atoms with Crippen LogP contribution in [0.4, 0.5) is 10.6 Å². The third-order valence-electron chi connectivity index (χ3n) is 4.03. The number of amides is 1. The van der Waals surface area contributed by atoms with Crippen molar-refractivity contribution in [2.45, 2.75) is 65.6 Å². The molecule has 1 aliphatic carbocycles. The zero-order chi connectivity index (χ0) is 15.7. The second-order valence-corrected chi connectivity index (χ2v) is 7.15. The van der Waals surface area contributed by atoms with E-state index in [1.165, 1.54) is 12.8 Å². The van der Waals surface area contributed by atoms with Crippen LogP contribution in [0.1, 0.15) is 53.0 Å². The van der Waals surface area contributed by atoms with E-state index in [4.69, 9.17) is 4.74 Å². The number of nitrogens with one attached hydrogen (secondary N) is 3. The highest BCUT2D eigenvalue weighted by atomic mass is 16.6. The lowest BCUT2D eigenvalue weighted by Gasteiger charge is -2.21. The van der Waals surface area contributed by atoms with Crippen molar-refractivity contribution < 1.29 is 9.53 Å². The highest BCUT2D eigenvalue weighted by Crippen LogP contribution is 2.47. The second kappa shape index (κ2) is 5.67. The molecule has 1 aromatic heterocycles. The number of ether oxygens (including phenoxy) is 1. The molecule has 1 unspecified atom stereocenters. The number of hydrogen-bond acceptors (Lipinski definition) is 4. The van der Waals surface area contributed by atoms with E-state index in [0.717, 1.165) is 5.56 Å². The normalized spacial score (nSPS) is 18.1. The number of anilines is 1. The van der Waals surface area contributed by atoms with Crippen molar-refractivity contribution >= 4 is 11.9 Å². The third-order valence-corrected chi connectivity index (χ3v) is 4.03. The number of aromatic nitrogens is 2. The van der Waals surface area contributed by atoms with E-state index in [9.17, 15) is 4.79 Å². The number of nitrogens with zero attached hydrogens (tertiary/aromatic N) is 1. The smallest absolute Gasteiger partial charge is 0.413 e. The summed E-state index contributed by atoms with van der Waals surface area (Å²) in [6, 6.07) is 0.446. The summed E-state index contributed by atoms with van der Waals surface area (Å²) in [6.07, 6.45) is 3.79. The van der Waals surface area contributed by atoms with Crippen molar-refractivity contribution in [1.29, 1.82) is 0 Å². The molecule has 1 saturated carbocycles. The Bertz CT molecular complexity index is 500. The van der Waals surface area contributed by atoms with Crippen LogP contribution in [0.2, 0.25) is 0 Å². The maximum absolute atomic E-state index is 11.8. The molecule has 0 aromatic carbocycles. The quantitative estimate of drug-likeness (QED) is 0.780. The van der Waals surface area contributed by atoms with Crippen LogP contribution in [-0.4, -0.2) is 27.9 Å². The maximum atomic E-state index is 11.8. The van der Waals surface area contributed by atoms with Crippen LogP contribution in [0, 0.1) is 5.41 Å². The van der Waals surface area contributed by atoms with E-state index in [0.29, 0.717) is 23.8 Å². The molecule has 0 radical (unpaired) electrons. The monoisotopic (exact) mass is 294 g/mol. The van der Waals surface area contributed by atoms with Gasteiger partial charge in [-0.05, 0) is 46.0 Å². The lowest BCUT2D eigenvalue weighted by molar-refractivity contribution is 0.0635. The molecule has 1 aromatic rings. The Balaban J connectivity index is 1.88. The fourth-order valence-electron chi connectivity index (χ4n) is 2.10. The number of hydrogen-bond donors (Lipinski definition) is 3. The van der Waals surface area contributed by atoms with Gasteiger partial charge in [-0.25, -0.2) is 4.79 Å². The van der Waals surface area contributed by atoms with E-state index in [2.05, 4.69) is 34.7 Å². The molecule has 1 atom stereocenters. The molecule has 0 spiro atoms. The molecular weight excluding hydrogens is 268 g/mol. The second-order valence-electron chi connectivity index (χ2n) is 7.15. The first-order valence-electron chi connectivity index (χ1n) is 7.45. The molecule has 2 rings (SSSR count). The third kappa shape index (κ3) is 4.46. The van der Waals surface area contributed by atoms with Crippen LogP contribution >= 0.6 is 0 Å². The number of carbonyl (C=O) groups is 1.